The molecule has 3 heterocycles. The monoisotopic (exact) mass is 450 g/mol. The third kappa shape index (κ3) is 4.71. The fraction of sp³-hybridized carbons (Fsp3) is 0.783. The number of carbonyl (C=O) groups excluding carboxylic acids is 1. The molecule has 0 bridgehead atoms. The molecule has 8 heteroatoms. The van der Waals surface area contributed by atoms with Crippen LogP contribution in [0.25, 0.3) is 0 Å². The molecule has 3 fully saturated rings. The van der Waals surface area contributed by atoms with E-state index < -0.39 is 10.0 Å². The molecule has 1 N–H and O–H groups in total. The van der Waals surface area contributed by atoms with Crippen molar-refractivity contribution in [3.05, 3.63) is 17.0 Å². The number of aromatic amines is 1. The largest absolute Gasteiger partial charge is 0.353 e. The van der Waals surface area contributed by atoms with Gasteiger partial charge in [0.1, 0.15) is 10.6 Å². The normalized spacial score (nSPS) is 23.1. The Morgan fingerprint density at radius 1 is 0.839 bits per heavy atom. The summed E-state index contributed by atoms with van der Waals surface area (Å²) < 4.78 is 28.4. The lowest BCUT2D eigenvalue weighted by Crippen LogP contribution is -2.52. The van der Waals surface area contributed by atoms with Gasteiger partial charge in [0.2, 0.25) is 10.0 Å². The molecule has 1 aromatic heterocycles. The van der Waals surface area contributed by atoms with E-state index in [1.807, 2.05) is 4.90 Å². The maximum atomic E-state index is 13.4. The highest BCUT2D eigenvalue weighted by atomic mass is 32.2. The minimum absolute atomic E-state index is 0.0683. The molecule has 0 spiro atoms. The number of H-pyrrole nitrogens is 1. The molecule has 0 unspecified atom stereocenters. The molecule has 2 saturated heterocycles. The minimum Gasteiger partial charge on any atom is -0.353 e. The van der Waals surface area contributed by atoms with Crippen LogP contribution >= 0.6 is 0 Å². The van der Waals surface area contributed by atoms with Crippen molar-refractivity contribution < 1.29 is 13.2 Å². The van der Waals surface area contributed by atoms with Gasteiger partial charge in [-0.3, -0.25) is 9.69 Å². The predicted octanol–water partition coefficient (Wildman–Crippen LogP) is 3.29. The summed E-state index contributed by atoms with van der Waals surface area (Å²) in [5, 5.41) is 0. The molecule has 31 heavy (non-hydrogen) atoms. The van der Waals surface area contributed by atoms with E-state index in [0.29, 0.717) is 54.1 Å². The van der Waals surface area contributed by atoms with Gasteiger partial charge in [-0.05, 0) is 45.1 Å². The zero-order valence-electron chi connectivity index (χ0n) is 19.2. The number of aromatic nitrogens is 1. The molecular formula is C23H38N4O3S. The van der Waals surface area contributed by atoms with Crippen molar-refractivity contribution in [3.8, 4) is 0 Å². The molecule has 0 radical (unpaired) electrons. The Balaban J connectivity index is 1.47. The first-order valence-electron chi connectivity index (χ1n) is 12.1. The van der Waals surface area contributed by atoms with Crippen LogP contribution < -0.4 is 0 Å². The van der Waals surface area contributed by atoms with E-state index in [2.05, 4.69) is 9.88 Å². The smallest absolute Gasteiger partial charge is 0.270 e. The fourth-order valence-corrected chi connectivity index (χ4v) is 7.56. The van der Waals surface area contributed by atoms with E-state index in [9.17, 15) is 13.2 Å². The van der Waals surface area contributed by atoms with Crippen LogP contribution in [-0.4, -0.2) is 78.7 Å². The van der Waals surface area contributed by atoms with Crippen LogP contribution in [0.5, 0.6) is 0 Å². The summed E-state index contributed by atoms with van der Waals surface area (Å²) in [6.45, 7) is 7.93. The summed E-state index contributed by atoms with van der Waals surface area (Å²) >= 11 is 0. The van der Waals surface area contributed by atoms with E-state index in [-0.39, 0.29) is 5.91 Å². The number of carbonyl (C=O) groups is 1. The van der Waals surface area contributed by atoms with Gasteiger partial charge in [-0.1, -0.05) is 32.1 Å². The molecule has 7 nitrogen and oxygen atoms in total. The third-order valence-corrected chi connectivity index (χ3v) is 9.61. The maximum Gasteiger partial charge on any atom is 0.270 e. The van der Waals surface area contributed by atoms with Crippen molar-refractivity contribution in [2.45, 2.75) is 82.6 Å². The quantitative estimate of drug-likeness (QED) is 0.764. The second kappa shape index (κ2) is 9.63. The maximum absolute atomic E-state index is 13.4. The Bertz CT molecular complexity index is 873. The van der Waals surface area contributed by atoms with Crippen molar-refractivity contribution in [1.29, 1.82) is 0 Å². The van der Waals surface area contributed by atoms with E-state index >= 15 is 0 Å². The highest BCUT2D eigenvalue weighted by Crippen LogP contribution is 2.29. The van der Waals surface area contributed by atoms with Crippen LogP contribution in [0.15, 0.2) is 4.90 Å². The molecular weight excluding hydrogens is 412 g/mol. The first kappa shape index (κ1) is 22.8. The van der Waals surface area contributed by atoms with Gasteiger partial charge in [0.05, 0.1) is 0 Å². The lowest BCUT2D eigenvalue weighted by atomic mass is 9.94. The van der Waals surface area contributed by atoms with Crippen LogP contribution in [-0.2, 0) is 10.0 Å². The highest BCUT2D eigenvalue weighted by Gasteiger charge is 2.34. The summed E-state index contributed by atoms with van der Waals surface area (Å²) in [6, 6.07) is 0.672. The van der Waals surface area contributed by atoms with Crippen molar-refractivity contribution in [1.82, 2.24) is 19.1 Å². The van der Waals surface area contributed by atoms with Crippen LogP contribution in [0.2, 0.25) is 0 Å². The van der Waals surface area contributed by atoms with Crippen LogP contribution in [0.4, 0.5) is 0 Å². The van der Waals surface area contributed by atoms with E-state index in [4.69, 9.17) is 0 Å². The molecule has 2 aliphatic heterocycles. The Morgan fingerprint density at radius 2 is 1.42 bits per heavy atom. The lowest BCUT2D eigenvalue weighted by molar-refractivity contribution is 0.0518. The summed E-state index contributed by atoms with van der Waals surface area (Å²) in [7, 11) is -3.59. The van der Waals surface area contributed by atoms with Gasteiger partial charge in [-0.2, -0.15) is 4.31 Å². The zero-order chi connectivity index (χ0) is 22.0. The topological polar surface area (TPSA) is 76.7 Å². The van der Waals surface area contributed by atoms with Gasteiger partial charge >= 0.3 is 0 Å². The first-order valence-corrected chi connectivity index (χ1v) is 13.6. The lowest BCUT2D eigenvalue weighted by Gasteiger charge is -2.40. The standard InChI is InChI=1S/C23H38N4O3S/c1-18-21(23(28)26-16-14-25(15-17-26)20-10-6-5-7-11-20)24-19(2)22(18)31(29,30)27-12-8-3-4-9-13-27/h20,24H,3-17H2,1-2H3. The predicted molar refractivity (Wildman–Crippen MR) is 122 cm³/mol. The van der Waals surface area contributed by atoms with Gasteiger partial charge in [-0.25, -0.2) is 8.42 Å². The Hall–Kier alpha value is -1.38. The summed E-state index contributed by atoms with van der Waals surface area (Å²) in [5.41, 5.74) is 1.59. The number of hydrogen-bond donors (Lipinski definition) is 1. The first-order chi connectivity index (χ1) is 14.9. The molecule has 3 aliphatic rings. The highest BCUT2D eigenvalue weighted by molar-refractivity contribution is 7.89. The molecule has 4 rings (SSSR count). The second-order valence-electron chi connectivity index (χ2n) is 9.52. The molecule has 0 aromatic carbocycles. The molecule has 0 atom stereocenters. The number of piperazine rings is 1. The summed E-state index contributed by atoms with van der Waals surface area (Å²) in [6.07, 6.45) is 10.5. The van der Waals surface area contributed by atoms with Gasteiger partial charge in [0, 0.05) is 51.0 Å². The average Bonchev–Trinajstić information content (AvgIpc) is 2.95. The molecule has 1 aromatic rings. The number of aryl methyl sites for hydroxylation is 1. The van der Waals surface area contributed by atoms with Gasteiger partial charge < -0.3 is 9.88 Å². The number of hydrogen-bond acceptors (Lipinski definition) is 4. The summed E-state index contributed by atoms with van der Waals surface area (Å²) in [4.78, 5) is 21.2. The van der Waals surface area contributed by atoms with Crippen LogP contribution in [0.1, 0.15) is 79.5 Å². The fourth-order valence-electron chi connectivity index (χ4n) is 5.64. The van der Waals surface area contributed by atoms with Gasteiger partial charge in [0.15, 0.2) is 0 Å². The van der Waals surface area contributed by atoms with Crippen LogP contribution in [0, 0.1) is 13.8 Å². The van der Waals surface area contributed by atoms with Crippen molar-refractivity contribution in [3.63, 3.8) is 0 Å². The molecule has 1 amide bonds. The third-order valence-electron chi connectivity index (χ3n) is 7.44. The minimum atomic E-state index is -3.59. The molecule has 1 saturated carbocycles. The molecule has 174 valence electrons. The SMILES string of the molecule is Cc1[nH]c(C(=O)N2CCN(C3CCCCC3)CC2)c(C)c1S(=O)(=O)N1CCCCCC1. The van der Waals surface area contributed by atoms with Gasteiger partial charge in [-0.15, -0.1) is 0 Å². The average molecular weight is 451 g/mol. The van der Waals surface area contributed by atoms with Crippen molar-refractivity contribution in [2.24, 2.45) is 0 Å². The number of nitrogens with zero attached hydrogens (tertiary/aromatic N) is 3. The van der Waals surface area contributed by atoms with Crippen LogP contribution in [0.3, 0.4) is 0 Å². The number of sulfonamides is 1. The van der Waals surface area contributed by atoms with E-state index in [1.165, 1.54) is 32.1 Å². The molecule has 1 aliphatic carbocycles. The summed E-state index contributed by atoms with van der Waals surface area (Å²) in [5.74, 6) is -0.0683. The van der Waals surface area contributed by atoms with Gasteiger partial charge in [0.25, 0.3) is 5.91 Å². The zero-order valence-corrected chi connectivity index (χ0v) is 20.0. The van der Waals surface area contributed by atoms with E-state index in [1.54, 1.807) is 18.2 Å². The number of rotatable bonds is 4. The van der Waals surface area contributed by atoms with E-state index in [0.717, 1.165) is 38.8 Å². The van der Waals surface area contributed by atoms with Crippen molar-refractivity contribution >= 4 is 15.9 Å². The second-order valence-corrected chi connectivity index (χ2v) is 11.4. The Kier molecular flexibility index (Phi) is 7.08. The number of nitrogens with one attached hydrogen (secondary N) is 1. The Labute approximate surface area is 187 Å². The Morgan fingerprint density at radius 3 is 2.03 bits per heavy atom. The number of amides is 1. The van der Waals surface area contributed by atoms with Crippen molar-refractivity contribution in [2.75, 3.05) is 39.3 Å².